The third-order valence-corrected chi connectivity index (χ3v) is 4.34. The molecule has 0 aromatic heterocycles. The molecule has 2 aromatic rings. The molecule has 2 aromatic carbocycles. The number of halogens is 1. The van der Waals surface area contributed by atoms with Gasteiger partial charge in [0.2, 0.25) is 11.8 Å². The second-order valence-corrected chi connectivity index (χ2v) is 6.31. The Kier molecular flexibility index (Phi) is 5.55. The number of nitrogens with one attached hydrogen (secondary N) is 1. The van der Waals surface area contributed by atoms with Crippen LogP contribution in [-0.4, -0.2) is 18.4 Å². The maximum atomic E-state index is 12.2. The standard InChI is InChI=1S/C18H19BrN2O2/c1-12-4-7-15(8-5-12)20-18(23)11-21(14(3)22)16-9-6-13(2)17(19)10-16/h4-10H,11H2,1-3H3,(H,20,23). The molecule has 0 saturated carbocycles. The van der Waals surface area contributed by atoms with E-state index in [9.17, 15) is 9.59 Å². The lowest BCUT2D eigenvalue weighted by Gasteiger charge is -2.21. The Morgan fingerprint density at radius 2 is 1.74 bits per heavy atom. The van der Waals surface area contributed by atoms with Gasteiger partial charge in [0.25, 0.3) is 0 Å². The Morgan fingerprint density at radius 1 is 1.09 bits per heavy atom. The first-order valence-electron chi connectivity index (χ1n) is 7.27. The topological polar surface area (TPSA) is 49.4 Å². The van der Waals surface area contributed by atoms with Crippen molar-refractivity contribution in [2.45, 2.75) is 20.8 Å². The fraction of sp³-hybridized carbons (Fsp3) is 0.222. The summed E-state index contributed by atoms with van der Waals surface area (Å²) in [5, 5.41) is 2.81. The van der Waals surface area contributed by atoms with E-state index in [4.69, 9.17) is 0 Å². The van der Waals surface area contributed by atoms with Crippen LogP contribution in [0.4, 0.5) is 11.4 Å². The zero-order valence-electron chi connectivity index (χ0n) is 13.4. The quantitative estimate of drug-likeness (QED) is 0.876. The van der Waals surface area contributed by atoms with Gasteiger partial charge in [0.1, 0.15) is 6.54 Å². The summed E-state index contributed by atoms with van der Waals surface area (Å²) in [6, 6.07) is 13.1. The second kappa shape index (κ2) is 7.42. The third-order valence-electron chi connectivity index (χ3n) is 3.48. The molecule has 5 heteroatoms. The molecule has 0 heterocycles. The van der Waals surface area contributed by atoms with Crippen LogP contribution < -0.4 is 10.2 Å². The largest absolute Gasteiger partial charge is 0.325 e. The van der Waals surface area contributed by atoms with E-state index in [0.717, 1.165) is 15.6 Å². The normalized spacial score (nSPS) is 10.3. The van der Waals surface area contributed by atoms with Gasteiger partial charge in [-0.1, -0.05) is 39.7 Å². The molecule has 0 saturated heterocycles. The SMILES string of the molecule is CC(=O)N(CC(=O)Nc1ccc(C)cc1)c1ccc(C)c(Br)c1. The summed E-state index contributed by atoms with van der Waals surface area (Å²) in [6.45, 7) is 5.38. The van der Waals surface area contributed by atoms with E-state index in [2.05, 4.69) is 21.2 Å². The van der Waals surface area contributed by atoms with Gasteiger partial charge in [-0.3, -0.25) is 9.59 Å². The fourth-order valence-electron chi connectivity index (χ4n) is 2.12. The van der Waals surface area contributed by atoms with E-state index >= 15 is 0 Å². The first kappa shape index (κ1) is 17.2. The van der Waals surface area contributed by atoms with Gasteiger partial charge < -0.3 is 10.2 Å². The lowest BCUT2D eigenvalue weighted by atomic mass is 10.2. The summed E-state index contributed by atoms with van der Waals surface area (Å²) in [4.78, 5) is 25.6. The molecular weight excluding hydrogens is 356 g/mol. The number of rotatable bonds is 4. The van der Waals surface area contributed by atoms with Crippen molar-refractivity contribution in [1.82, 2.24) is 0 Å². The van der Waals surface area contributed by atoms with Gasteiger partial charge in [0.15, 0.2) is 0 Å². The van der Waals surface area contributed by atoms with Crippen molar-refractivity contribution < 1.29 is 9.59 Å². The number of nitrogens with zero attached hydrogens (tertiary/aromatic N) is 1. The number of hydrogen-bond donors (Lipinski definition) is 1. The number of benzene rings is 2. The Balaban J connectivity index is 2.12. The molecule has 0 bridgehead atoms. The Labute approximate surface area is 144 Å². The summed E-state index contributed by atoms with van der Waals surface area (Å²) in [6.07, 6.45) is 0. The van der Waals surface area contributed by atoms with E-state index in [1.807, 2.05) is 56.3 Å². The zero-order valence-corrected chi connectivity index (χ0v) is 15.0. The smallest absolute Gasteiger partial charge is 0.244 e. The van der Waals surface area contributed by atoms with E-state index in [1.54, 1.807) is 0 Å². The van der Waals surface area contributed by atoms with Crippen molar-refractivity contribution in [1.29, 1.82) is 0 Å². The molecule has 0 aliphatic rings. The fourth-order valence-corrected chi connectivity index (χ4v) is 2.48. The lowest BCUT2D eigenvalue weighted by Crippen LogP contribution is -2.36. The highest BCUT2D eigenvalue weighted by Crippen LogP contribution is 2.23. The zero-order chi connectivity index (χ0) is 17.0. The number of anilines is 2. The Morgan fingerprint density at radius 3 is 2.30 bits per heavy atom. The average Bonchev–Trinajstić information content (AvgIpc) is 2.50. The van der Waals surface area contributed by atoms with Gasteiger partial charge in [0.05, 0.1) is 0 Å². The van der Waals surface area contributed by atoms with Crippen molar-refractivity contribution in [3.63, 3.8) is 0 Å². The molecular formula is C18H19BrN2O2. The minimum absolute atomic E-state index is 0.0291. The number of aryl methyl sites for hydroxylation is 2. The third kappa shape index (κ3) is 4.66. The second-order valence-electron chi connectivity index (χ2n) is 5.45. The molecule has 0 aliphatic carbocycles. The Hall–Kier alpha value is -2.14. The molecule has 23 heavy (non-hydrogen) atoms. The maximum absolute atomic E-state index is 12.2. The molecule has 4 nitrogen and oxygen atoms in total. The number of amides is 2. The van der Waals surface area contributed by atoms with Gasteiger partial charge in [-0.2, -0.15) is 0 Å². The van der Waals surface area contributed by atoms with Crippen LogP contribution in [0, 0.1) is 13.8 Å². The van der Waals surface area contributed by atoms with Crippen LogP contribution in [-0.2, 0) is 9.59 Å². The van der Waals surface area contributed by atoms with Crippen LogP contribution in [0.2, 0.25) is 0 Å². The molecule has 0 atom stereocenters. The van der Waals surface area contributed by atoms with Gasteiger partial charge in [0, 0.05) is 22.8 Å². The number of carbonyl (C=O) groups excluding carboxylic acids is 2. The first-order valence-corrected chi connectivity index (χ1v) is 8.07. The molecule has 2 rings (SSSR count). The van der Waals surface area contributed by atoms with Crippen molar-refractivity contribution in [3.05, 3.63) is 58.1 Å². The molecule has 2 amide bonds. The van der Waals surface area contributed by atoms with Crippen LogP contribution in [0.25, 0.3) is 0 Å². The van der Waals surface area contributed by atoms with Gasteiger partial charge in [-0.25, -0.2) is 0 Å². The average molecular weight is 375 g/mol. The summed E-state index contributed by atoms with van der Waals surface area (Å²) < 4.78 is 0.903. The molecule has 0 spiro atoms. The summed E-state index contributed by atoms with van der Waals surface area (Å²) in [5.74, 6) is -0.416. The summed E-state index contributed by atoms with van der Waals surface area (Å²) in [7, 11) is 0. The molecule has 0 unspecified atom stereocenters. The minimum Gasteiger partial charge on any atom is -0.325 e. The van der Waals surface area contributed by atoms with Crippen LogP contribution in [0.15, 0.2) is 46.9 Å². The van der Waals surface area contributed by atoms with E-state index in [0.29, 0.717) is 11.4 Å². The highest BCUT2D eigenvalue weighted by atomic mass is 79.9. The molecule has 0 fully saturated rings. The minimum atomic E-state index is -0.235. The summed E-state index contributed by atoms with van der Waals surface area (Å²) in [5.41, 5.74) is 3.60. The van der Waals surface area contributed by atoms with Crippen molar-refractivity contribution in [2.75, 3.05) is 16.8 Å². The van der Waals surface area contributed by atoms with Crippen molar-refractivity contribution in [2.24, 2.45) is 0 Å². The summed E-state index contributed by atoms with van der Waals surface area (Å²) >= 11 is 3.45. The molecule has 0 aliphatic heterocycles. The Bertz CT molecular complexity index is 726. The van der Waals surface area contributed by atoms with Crippen LogP contribution >= 0.6 is 15.9 Å². The predicted molar refractivity (Wildman–Crippen MR) is 96.7 cm³/mol. The number of hydrogen-bond acceptors (Lipinski definition) is 2. The van der Waals surface area contributed by atoms with Crippen LogP contribution in [0.1, 0.15) is 18.1 Å². The van der Waals surface area contributed by atoms with Crippen molar-refractivity contribution >= 4 is 39.1 Å². The van der Waals surface area contributed by atoms with Gasteiger partial charge >= 0.3 is 0 Å². The highest BCUT2D eigenvalue weighted by molar-refractivity contribution is 9.10. The predicted octanol–water partition coefficient (Wildman–Crippen LogP) is 4.06. The molecule has 1 N–H and O–H groups in total. The van der Waals surface area contributed by atoms with E-state index in [1.165, 1.54) is 11.8 Å². The maximum Gasteiger partial charge on any atom is 0.244 e. The van der Waals surface area contributed by atoms with Crippen LogP contribution in [0.5, 0.6) is 0 Å². The highest BCUT2D eigenvalue weighted by Gasteiger charge is 2.16. The van der Waals surface area contributed by atoms with E-state index in [-0.39, 0.29) is 18.4 Å². The monoisotopic (exact) mass is 374 g/mol. The van der Waals surface area contributed by atoms with E-state index < -0.39 is 0 Å². The number of carbonyl (C=O) groups is 2. The molecule has 120 valence electrons. The van der Waals surface area contributed by atoms with Crippen LogP contribution in [0.3, 0.4) is 0 Å². The van der Waals surface area contributed by atoms with Crippen molar-refractivity contribution in [3.8, 4) is 0 Å². The molecule has 0 radical (unpaired) electrons. The van der Waals surface area contributed by atoms with Gasteiger partial charge in [-0.15, -0.1) is 0 Å². The lowest BCUT2D eigenvalue weighted by molar-refractivity contribution is -0.120. The first-order chi connectivity index (χ1) is 10.9. The van der Waals surface area contributed by atoms with Gasteiger partial charge in [-0.05, 0) is 43.7 Å².